The van der Waals surface area contributed by atoms with Crippen molar-refractivity contribution in [1.82, 2.24) is 0 Å². The van der Waals surface area contributed by atoms with Crippen LogP contribution in [-0.2, 0) is 9.53 Å². The zero-order chi connectivity index (χ0) is 17.0. The summed E-state index contributed by atoms with van der Waals surface area (Å²) < 4.78 is 31.8. The third-order valence-corrected chi connectivity index (χ3v) is 3.51. The number of carbonyl (C=O) groups excluding carboxylic acids is 2. The minimum Gasteiger partial charge on any atom is -0.452 e. The lowest BCUT2D eigenvalue weighted by Crippen LogP contribution is -2.21. The molecule has 0 heterocycles. The van der Waals surface area contributed by atoms with Gasteiger partial charge in [-0.25, -0.2) is 13.6 Å². The Morgan fingerprint density at radius 3 is 2.65 bits per heavy atom. The summed E-state index contributed by atoms with van der Waals surface area (Å²) in [4.78, 5) is 23.5. The fourth-order valence-corrected chi connectivity index (χ4v) is 2.20. The predicted molar refractivity (Wildman–Crippen MR) is 84.4 cm³/mol. The summed E-state index contributed by atoms with van der Waals surface area (Å²) in [5, 5.41) is 2.27. The van der Waals surface area contributed by atoms with Crippen LogP contribution in [0.4, 0.5) is 14.5 Å². The van der Waals surface area contributed by atoms with Gasteiger partial charge in [0, 0.05) is 10.5 Å². The van der Waals surface area contributed by atoms with Gasteiger partial charge in [-0.2, -0.15) is 0 Å². The third-order valence-electron chi connectivity index (χ3n) is 2.69. The molecule has 0 aliphatic rings. The normalized spacial score (nSPS) is 10.3. The van der Waals surface area contributed by atoms with Crippen molar-refractivity contribution in [3.63, 3.8) is 0 Å². The summed E-state index contributed by atoms with van der Waals surface area (Å²) in [6.07, 6.45) is 0. The van der Waals surface area contributed by atoms with Gasteiger partial charge >= 0.3 is 5.97 Å². The van der Waals surface area contributed by atoms with Crippen LogP contribution in [0.2, 0.25) is 5.02 Å². The maximum atomic E-state index is 13.4. The first-order valence-electron chi connectivity index (χ1n) is 6.24. The molecular formula is C15H9BrClF2NO3. The van der Waals surface area contributed by atoms with Crippen molar-refractivity contribution in [3.8, 4) is 0 Å². The molecule has 0 saturated heterocycles. The van der Waals surface area contributed by atoms with Crippen LogP contribution in [-0.4, -0.2) is 18.5 Å². The Hall–Kier alpha value is -1.99. The van der Waals surface area contributed by atoms with Crippen LogP contribution in [0, 0.1) is 11.6 Å². The van der Waals surface area contributed by atoms with Crippen molar-refractivity contribution in [2.45, 2.75) is 0 Å². The lowest BCUT2D eigenvalue weighted by molar-refractivity contribution is -0.119. The van der Waals surface area contributed by atoms with Crippen LogP contribution in [0.15, 0.2) is 40.9 Å². The molecule has 8 heteroatoms. The number of halogens is 4. The largest absolute Gasteiger partial charge is 0.452 e. The average molecular weight is 405 g/mol. The van der Waals surface area contributed by atoms with Crippen molar-refractivity contribution in [3.05, 3.63) is 63.1 Å². The second-order valence-electron chi connectivity index (χ2n) is 4.37. The van der Waals surface area contributed by atoms with E-state index in [2.05, 4.69) is 21.2 Å². The van der Waals surface area contributed by atoms with Crippen LogP contribution in [0.5, 0.6) is 0 Å². The molecule has 0 radical (unpaired) electrons. The monoisotopic (exact) mass is 403 g/mol. The molecule has 120 valence electrons. The Kier molecular flexibility index (Phi) is 5.68. The van der Waals surface area contributed by atoms with Gasteiger partial charge in [-0.1, -0.05) is 27.5 Å². The van der Waals surface area contributed by atoms with E-state index in [4.69, 9.17) is 16.3 Å². The minimum absolute atomic E-state index is 0.0748. The molecule has 0 aliphatic heterocycles. The number of carbonyl (C=O) groups is 2. The van der Waals surface area contributed by atoms with Gasteiger partial charge in [0.2, 0.25) is 0 Å². The number of benzene rings is 2. The predicted octanol–water partition coefficient (Wildman–Crippen LogP) is 4.18. The van der Waals surface area contributed by atoms with E-state index in [1.54, 1.807) is 6.07 Å². The molecule has 0 spiro atoms. The van der Waals surface area contributed by atoms with Crippen molar-refractivity contribution < 1.29 is 23.1 Å². The van der Waals surface area contributed by atoms with Crippen LogP contribution < -0.4 is 5.32 Å². The van der Waals surface area contributed by atoms with Crippen molar-refractivity contribution >= 4 is 45.1 Å². The van der Waals surface area contributed by atoms with Gasteiger partial charge in [-0.3, -0.25) is 4.79 Å². The van der Waals surface area contributed by atoms with E-state index in [-0.39, 0.29) is 16.3 Å². The second kappa shape index (κ2) is 7.52. The number of amides is 1. The SMILES string of the molecule is O=C(COC(=O)c1cc(Br)ccc1Cl)Nc1cc(F)ccc1F. The first-order valence-corrected chi connectivity index (χ1v) is 7.41. The summed E-state index contributed by atoms with van der Waals surface area (Å²) in [7, 11) is 0. The van der Waals surface area contributed by atoms with Crippen molar-refractivity contribution in [2.75, 3.05) is 11.9 Å². The van der Waals surface area contributed by atoms with Crippen molar-refractivity contribution in [2.24, 2.45) is 0 Å². The number of hydrogen-bond donors (Lipinski definition) is 1. The van der Waals surface area contributed by atoms with E-state index >= 15 is 0 Å². The van der Waals surface area contributed by atoms with Gasteiger partial charge in [-0.15, -0.1) is 0 Å². The molecule has 0 bridgehead atoms. The Balaban J connectivity index is 1.97. The van der Waals surface area contributed by atoms with Gasteiger partial charge in [0.05, 0.1) is 16.3 Å². The third kappa shape index (κ3) is 4.74. The molecule has 0 fully saturated rings. The first kappa shape index (κ1) is 17.4. The highest BCUT2D eigenvalue weighted by Gasteiger charge is 2.15. The summed E-state index contributed by atoms with van der Waals surface area (Å²) >= 11 is 9.04. The number of rotatable bonds is 4. The maximum Gasteiger partial charge on any atom is 0.340 e. The number of esters is 1. The van der Waals surface area contributed by atoms with E-state index in [1.807, 2.05) is 0 Å². The highest BCUT2D eigenvalue weighted by Crippen LogP contribution is 2.22. The number of ether oxygens (including phenoxy) is 1. The van der Waals surface area contributed by atoms with Crippen LogP contribution >= 0.6 is 27.5 Å². The van der Waals surface area contributed by atoms with E-state index < -0.39 is 30.1 Å². The second-order valence-corrected chi connectivity index (χ2v) is 5.70. The first-order chi connectivity index (χ1) is 10.9. The Bertz CT molecular complexity index is 770. The Labute approximate surface area is 143 Å². The number of nitrogens with one attached hydrogen (secondary N) is 1. The van der Waals surface area contributed by atoms with Crippen LogP contribution in [0.25, 0.3) is 0 Å². The maximum absolute atomic E-state index is 13.4. The smallest absolute Gasteiger partial charge is 0.340 e. The molecule has 2 rings (SSSR count). The zero-order valence-electron chi connectivity index (χ0n) is 11.4. The van der Waals surface area contributed by atoms with Gasteiger partial charge < -0.3 is 10.1 Å². The lowest BCUT2D eigenvalue weighted by atomic mass is 10.2. The summed E-state index contributed by atoms with van der Waals surface area (Å²) in [6.45, 7) is -0.669. The Morgan fingerprint density at radius 2 is 1.91 bits per heavy atom. The molecule has 0 saturated carbocycles. The molecule has 0 unspecified atom stereocenters. The summed E-state index contributed by atoms with van der Waals surface area (Å²) in [5.41, 5.74) is -0.266. The van der Waals surface area contributed by atoms with E-state index in [0.29, 0.717) is 4.47 Å². The van der Waals surface area contributed by atoms with Gasteiger partial charge in [0.25, 0.3) is 5.91 Å². The van der Waals surface area contributed by atoms with Gasteiger partial charge in [0.1, 0.15) is 11.6 Å². The molecule has 4 nitrogen and oxygen atoms in total. The van der Waals surface area contributed by atoms with E-state index in [0.717, 1.165) is 18.2 Å². The number of hydrogen-bond acceptors (Lipinski definition) is 3. The standard InChI is InChI=1S/C15H9BrClF2NO3/c16-8-1-3-11(17)10(5-8)15(22)23-7-14(21)20-13-6-9(18)2-4-12(13)19/h1-6H,7H2,(H,20,21). The highest BCUT2D eigenvalue weighted by molar-refractivity contribution is 9.10. The quantitative estimate of drug-likeness (QED) is 0.778. The summed E-state index contributed by atoms with van der Waals surface area (Å²) in [5.74, 6) is -3.14. The highest BCUT2D eigenvalue weighted by atomic mass is 79.9. The molecule has 23 heavy (non-hydrogen) atoms. The lowest BCUT2D eigenvalue weighted by Gasteiger charge is -2.08. The fraction of sp³-hybridized carbons (Fsp3) is 0.0667. The molecule has 0 aromatic heterocycles. The van der Waals surface area contributed by atoms with Gasteiger partial charge in [0.15, 0.2) is 6.61 Å². The van der Waals surface area contributed by atoms with Crippen LogP contribution in [0.3, 0.4) is 0 Å². The molecule has 2 aromatic carbocycles. The minimum atomic E-state index is -0.814. The average Bonchev–Trinajstić information content (AvgIpc) is 2.51. The zero-order valence-corrected chi connectivity index (χ0v) is 13.7. The fourth-order valence-electron chi connectivity index (χ4n) is 1.64. The number of anilines is 1. The van der Waals surface area contributed by atoms with Crippen LogP contribution in [0.1, 0.15) is 10.4 Å². The van der Waals surface area contributed by atoms with Crippen molar-refractivity contribution in [1.29, 1.82) is 0 Å². The Morgan fingerprint density at radius 1 is 1.17 bits per heavy atom. The van der Waals surface area contributed by atoms with E-state index in [9.17, 15) is 18.4 Å². The van der Waals surface area contributed by atoms with Gasteiger partial charge in [-0.05, 0) is 30.3 Å². The van der Waals surface area contributed by atoms with E-state index in [1.165, 1.54) is 12.1 Å². The molecule has 0 aliphatic carbocycles. The molecule has 2 aromatic rings. The topological polar surface area (TPSA) is 55.4 Å². The molecule has 1 N–H and O–H groups in total. The molecule has 1 amide bonds. The molecule has 0 atom stereocenters. The molecular weight excluding hydrogens is 396 g/mol. The summed E-state index contributed by atoms with van der Waals surface area (Å²) in [6, 6.07) is 7.18.